The van der Waals surface area contributed by atoms with E-state index in [0.29, 0.717) is 10.8 Å². The number of benzene rings is 4. The molecule has 0 radical (unpaired) electrons. The molecule has 0 aliphatic carbocycles. The fourth-order valence-electron chi connectivity index (χ4n) is 4.23. The van der Waals surface area contributed by atoms with Crippen molar-refractivity contribution in [2.75, 3.05) is 0 Å². The van der Waals surface area contributed by atoms with Crippen LogP contribution in [0.25, 0.3) is 61.0 Å². The number of hydrogen-bond donors (Lipinski definition) is 0. The standard InChI is InChI=1S/C31H21N3O/c1-20-15-16-25-26-17-28-27(18-29(26)35-31(25)33-20)32-19-34(28)30-23(21-9-4-2-5-10-21)13-8-14-24(30)22-11-6-3-7-12-22/h2-19H,1H3/i1D3,2D,3D,4D,5D,6D,7D,9D,10D,11D,12D,19D. The number of fused-ring (bicyclic) bond motifs is 4. The first-order valence-corrected chi connectivity index (χ1v) is 10.5. The molecular formula is C31H21N3O. The zero-order chi connectivity index (χ0) is 35.4. The van der Waals surface area contributed by atoms with Crippen molar-refractivity contribution >= 4 is 33.1 Å². The number of nitrogens with zero attached hydrogens (tertiary/aromatic N) is 3. The van der Waals surface area contributed by atoms with Gasteiger partial charge in [-0.3, -0.25) is 4.57 Å². The predicted molar refractivity (Wildman–Crippen MR) is 142 cm³/mol. The van der Waals surface area contributed by atoms with E-state index in [-0.39, 0.29) is 62.3 Å². The number of aromatic nitrogens is 3. The quantitative estimate of drug-likeness (QED) is 0.266. The molecular weight excluding hydrogens is 430 g/mol. The normalized spacial score (nSPS) is 17.6. The first-order chi connectivity index (χ1) is 23.0. The lowest BCUT2D eigenvalue weighted by atomic mass is 9.95. The summed E-state index contributed by atoms with van der Waals surface area (Å²) in [6, 6.07) is 4.47. The van der Waals surface area contributed by atoms with Crippen LogP contribution in [0.2, 0.25) is 0 Å². The first kappa shape index (κ1) is 10.3. The van der Waals surface area contributed by atoms with Crippen LogP contribution in [0.15, 0.2) is 114 Å². The average molecular weight is 466 g/mol. The van der Waals surface area contributed by atoms with Crippen LogP contribution in [0.3, 0.4) is 0 Å². The molecule has 0 saturated carbocycles. The van der Waals surface area contributed by atoms with Crippen LogP contribution in [0.1, 0.15) is 24.9 Å². The Labute approximate surface area is 221 Å². The predicted octanol–water partition coefficient (Wildman–Crippen LogP) is 7.96. The van der Waals surface area contributed by atoms with Crippen molar-refractivity contribution in [1.82, 2.24) is 14.5 Å². The van der Waals surface area contributed by atoms with Crippen molar-refractivity contribution in [3.05, 3.63) is 115 Å². The fraction of sp³-hybridized carbons (Fsp3) is 0.0323. The highest BCUT2D eigenvalue weighted by molar-refractivity contribution is 6.08. The zero-order valence-corrected chi connectivity index (χ0v) is 17.8. The molecule has 0 spiro atoms. The summed E-state index contributed by atoms with van der Waals surface area (Å²) in [7, 11) is 0. The van der Waals surface area contributed by atoms with Gasteiger partial charge in [-0.2, -0.15) is 0 Å². The summed E-state index contributed by atoms with van der Waals surface area (Å²) >= 11 is 0. The van der Waals surface area contributed by atoms with E-state index in [1.807, 2.05) is 0 Å². The summed E-state index contributed by atoms with van der Waals surface area (Å²) in [4.78, 5) is 8.56. The molecule has 4 heteroatoms. The van der Waals surface area contributed by atoms with Crippen LogP contribution in [0, 0.1) is 6.85 Å². The molecule has 4 nitrogen and oxygen atoms in total. The molecule has 0 N–H and O–H groups in total. The Morgan fingerprint density at radius 2 is 1.54 bits per heavy atom. The van der Waals surface area contributed by atoms with E-state index in [9.17, 15) is 0 Å². The summed E-state index contributed by atoms with van der Waals surface area (Å²) < 4.78 is 124. The van der Waals surface area contributed by atoms with Crippen LogP contribution in [-0.4, -0.2) is 14.5 Å². The Hall–Kier alpha value is -4.70. The molecule has 4 aromatic carbocycles. The highest BCUT2D eigenvalue weighted by atomic mass is 16.3. The van der Waals surface area contributed by atoms with Crippen molar-refractivity contribution in [1.29, 1.82) is 0 Å². The summed E-state index contributed by atoms with van der Waals surface area (Å²) in [5.41, 5.74) is 0.146. The van der Waals surface area contributed by atoms with E-state index in [1.54, 1.807) is 12.1 Å². The van der Waals surface area contributed by atoms with Crippen LogP contribution in [-0.2, 0) is 0 Å². The van der Waals surface area contributed by atoms with Crippen LogP contribution in [0.5, 0.6) is 0 Å². The number of furan rings is 1. The minimum absolute atomic E-state index is 0.00949. The Morgan fingerprint density at radius 1 is 0.829 bits per heavy atom. The molecule has 35 heavy (non-hydrogen) atoms. The third-order valence-corrected chi connectivity index (χ3v) is 5.74. The lowest BCUT2D eigenvalue weighted by Gasteiger charge is -2.17. The Bertz CT molecular complexity index is 2420. The summed E-state index contributed by atoms with van der Waals surface area (Å²) in [6.07, 6.45) is -0.386. The number of imidazole rings is 1. The van der Waals surface area contributed by atoms with Crippen molar-refractivity contribution in [3.63, 3.8) is 0 Å². The molecule has 0 aliphatic heterocycles. The van der Waals surface area contributed by atoms with Crippen LogP contribution >= 0.6 is 0 Å². The van der Waals surface area contributed by atoms with Gasteiger partial charge in [0, 0.05) is 37.8 Å². The van der Waals surface area contributed by atoms with E-state index >= 15 is 0 Å². The van der Waals surface area contributed by atoms with E-state index in [4.69, 9.17) is 23.6 Å². The number of para-hydroxylation sites is 1. The Morgan fingerprint density at radius 3 is 2.23 bits per heavy atom. The highest BCUT2D eigenvalue weighted by Crippen LogP contribution is 2.38. The molecule has 0 fully saturated rings. The van der Waals surface area contributed by atoms with E-state index in [0.717, 1.165) is 0 Å². The lowest BCUT2D eigenvalue weighted by Crippen LogP contribution is -1.99. The van der Waals surface area contributed by atoms with Gasteiger partial charge in [0.25, 0.3) is 0 Å². The van der Waals surface area contributed by atoms with Crippen LogP contribution in [0.4, 0.5) is 0 Å². The maximum absolute atomic E-state index is 9.01. The molecule has 3 heterocycles. The second kappa shape index (κ2) is 7.67. The lowest BCUT2D eigenvalue weighted by molar-refractivity contribution is 0.653. The maximum Gasteiger partial charge on any atom is 0.227 e. The molecule has 0 unspecified atom stereocenters. The van der Waals surface area contributed by atoms with Gasteiger partial charge in [0.15, 0.2) is 0 Å². The second-order valence-electron chi connectivity index (χ2n) is 7.74. The molecule has 3 aromatic heterocycles. The van der Waals surface area contributed by atoms with Gasteiger partial charge >= 0.3 is 0 Å². The first-order valence-electron chi connectivity index (χ1n) is 17.5. The molecule has 0 bridgehead atoms. The molecule has 0 amide bonds. The second-order valence-corrected chi connectivity index (χ2v) is 7.74. The van der Waals surface area contributed by atoms with E-state index in [1.165, 1.54) is 34.9 Å². The molecule has 0 saturated heterocycles. The van der Waals surface area contributed by atoms with Crippen molar-refractivity contribution in [2.24, 2.45) is 0 Å². The van der Waals surface area contributed by atoms with Crippen molar-refractivity contribution in [3.8, 4) is 27.9 Å². The monoisotopic (exact) mass is 465 g/mol. The number of hydrogen-bond acceptors (Lipinski definition) is 3. The average Bonchev–Trinajstić information content (AvgIpc) is 3.58. The van der Waals surface area contributed by atoms with Gasteiger partial charge in [0.2, 0.25) is 5.71 Å². The van der Waals surface area contributed by atoms with Gasteiger partial charge < -0.3 is 4.42 Å². The molecule has 166 valence electrons. The number of rotatable bonds is 3. The van der Waals surface area contributed by atoms with Crippen molar-refractivity contribution < 1.29 is 23.6 Å². The van der Waals surface area contributed by atoms with Gasteiger partial charge in [-0.15, -0.1) is 0 Å². The largest absolute Gasteiger partial charge is 0.438 e. The highest BCUT2D eigenvalue weighted by Gasteiger charge is 2.18. The third kappa shape index (κ3) is 3.15. The van der Waals surface area contributed by atoms with Gasteiger partial charge in [-0.25, -0.2) is 9.97 Å². The van der Waals surface area contributed by atoms with E-state index < -0.39 is 67.3 Å². The number of aryl methyl sites for hydroxylation is 1. The SMILES string of the molecule is [2H]c1c([2H])c([2H])c(-c2cccc(-c3c([2H])c([2H])c([2H])c([2H])c3[2H])c2-n2c([2H])nc3cc4oc5nc(C([2H])([2H])[2H])ccc5c4cc32)c([2H])c1[2H]. The Balaban J connectivity index is 1.65. The Kier molecular flexibility index (Phi) is 2.25. The van der Waals surface area contributed by atoms with Gasteiger partial charge in [-0.05, 0) is 36.2 Å². The maximum atomic E-state index is 9.01. The minimum atomic E-state index is -2.48. The summed E-state index contributed by atoms with van der Waals surface area (Å²) in [6.45, 7) is -2.48. The van der Waals surface area contributed by atoms with Gasteiger partial charge in [0.1, 0.15) is 13.3 Å². The van der Waals surface area contributed by atoms with Crippen molar-refractivity contribution in [2.45, 2.75) is 6.85 Å². The topological polar surface area (TPSA) is 43.9 Å². The fourth-order valence-corrected chi connectivity index (χ4v) is 4.23. The number of pyridine rings is 1. The molecule has 0 aliphatic rings. The zero-order valence-electron chi connectivity index (χ0n) is 31.8. The molecule has 7 aromatic rings. The molecule has 7 rings (SSSR count). The van der Waals surface area contributed by atoms with Gasteiger partial charge in [0.05, 0.1) is 30.4 Å². The summed E-state index contributed by atoms with van der Waals surface area (Å²) in [5, 5.41) is 0.923. The third-order valence-electron chi connectivity index (χ3n) is 5.74. The van der Waals surface area contributed by atoms with E-state index in [2.05, 4.69) is 9.97 Å². The minimum Gasteiger partial charge on any atom is -0.438 e. The van der Waals surface area contributed by atoms with Gasteiger partial charge in [-0.1, -0.05) is 78.6 Å². The molecule has 0 atom stereocenters. The van der Waals surface area contributed by atoms with Crippen LogP contribution < -0.4 is 0 Å². The smallest absolute Gasteiger partial charge is 0.227 e. The summed E-state index contributed by atoms with van der Waals surface area (Å²) in [5.74, 6) is 0.